The second-order valence-electron chi connectivity index (χ2n) is 5.59. The Morgan fingerprint density at radius 2 is 1.53 bits per heavy atom. The molecule has 0 aromatic carbocycles. The first-order chi connectivity index (χ1) is 9.08. The van der Waals surface area contributed by atoms with Gasteiger partial charge in [-0.1, -0.05) is 33.6 Å². The van der Waals surface area contributed by atoms with E-state index in [0.29, 0.717) is 5.92 Å². The molecule has 4 heteroatoms. The molecule has 0 rings (SSSR count). The van der Waals surface area contributed by atoms with Crippen LogP contribution in [0.1, 0.15) is 65.7 Å². The molecule has 0 fully saturated rings. The minimum Gasteiger partial charge on any atom is -0.317 e. The molecule has 19 heavy (non-hydrogen) atoms. The van der Waals surface area contributed by atoms with Gasteiger partial charge in [-0.05, 0) is 51.7 Å². The average molecular weight is 272 g/mol. The first-order valence-electron chi connectivity index (χ1n) is 8.11. The number of nitrogens with two attached hydrogens (primary N) is 2. The molecule has 0 aliphatic carbocycles. The Bertz CT molecular complexity index is 195. The Morgan fingerprint density at radius 1 is 0.842 bits per heavy atom. The van der Waals surface area contributed by atoms with Crippen LogP contribution >= 0.6 is 0 Å². The zero-order valence-corrected chi connectivity index (χ0v) is 13.3. The van der Waals surface area contributed by atoms with Gasteiger partial charge in [0.15, 0.2) is 0 Å². The number of unbranched alkanes of at least 4 members (excludes halogenated alkanes) is 1. The van der Waals surface area contributed by atoms with Crippen molar-refractivity contribution in [2.24, 2.45) is 17.4 Å². The van der Waals surface area contributed by atoms with Crippen molar-refractivity contribution in [3.63, 3.8) is 0 Å². The third-order valence-corrected chi connectivity index (χ3v) is 3.58. The highest BCUT2D eigenvalue weighted by Gasteiger charge is 2.28. The molecule has 116 valence electrons. The summed E-state index contributed by atoms with van der Waals surface area (Å²) in [6.45, 7) is 9.65. The highest BCUT2D eigenvalue weighted by Crippen LogP contribution is 2.20. The van der Waals surface area contributed by atoms with Crippen molar-refractivity contribution in [1.82, 2.24) is 10.6 Å². The van der Waals surface area contributed by atoms with E-state index in [-0.39, 0.29) is 0 Å². The van der Waals surface area contributed by atoms with Gasteiger partial charge in [0.05, 0.1) is 0 Å². The minimum atomic E-state index is -0.705. The first kappa shape index (κ1) is 18.8. The summed E-state index contributed by atoms with van der Waals surface area (Å²) < 4.78 is 0. The lowest BCUT2D eigenvalue weighted by molar-refractivity contribution is 0.192. The maximum Gasteiger partial charge on any atom is 0.121 e. The summed E-state index contributed by atoms with van der Waals surface area (Å²) in [6, 6.07) is 0. The number of hydrogen-bond acceptors (Lipinski definition) is 4. The van der Waals surface area contributed by atoms with Gasteiger partial charge in [-0.15, -0.1) is 0 Å². The largest absolute Gasteiger partial charge is 0.317 e. The molecule has 4 nitrogen and oxygen atoms in total. The maximum absolute atomic E-state index is 6.25. The zero-order chi connectivity index (χ0) is 14.6. The lowest BCUT2D eigenvalue weighted by atomic mass is 9.90. The fraction of sp³-hybridized carbons (Fsp3) is 1.00. The predicted octanol–water partition coefficient (Wildman–Crippen LogP) is 2.14. The number of rotatable bonds is 13. The van der Waals surface area contributed by atoms with Gasteiger partial charge >= 0.3 is 0 Å². The molecule has 0 bridgehead atoms. The van der Waals surface area contributed by atoms with Crippen molar-refractivity contribution in [3.05, 3.63) is 0 Å². The van der Waals surface area contributed by atoms with Gasteiger partial charge in [0, 0.05) is 5.92 Å². The molecule has 6 N–H and O–H groups in total. The van der Waals surface area contributed by atoms with Gasteiger partial charge in [-0.25, -0.2) is 0 Å². The van der Waals surface area contributed by atoms with Crippen molar-refractivity contribution in [2.45, 2.75) is 71.5 Å². The van der Waals surface area contributed by atoms with E-state index in [2.05, 4.69) is 31.4 Å². The van der Waals surface area contributed by atoms with Gasteiger partial charge in [-0.2, -0.15) is 0 Å². The van der Waals surface area contributed by atoms with Crippen LogP contribution in [0.5, 0.6) is 0 Å². The van der Waals surface area contributed by atoms with Crippen molar-refractivity contribution < 1.29 is 0 Å². The molecule has 0 radical (unpaired) electrons. The van der Waals surface area contributed by atoms with Crippen molar-refractivity contribution in [2.75, 3.05) is 19.6 Å². The number of hydrogen-bond donors (Lipinski definition) is 4. The van der Waals surface area contributed by atoms with Gasteiger partial charge in [0.1, 0.15) is 5.79 Å². The molecule has 0 aromatic rings. The SMILES string of the molecule is CCCNCCCCC(CCC)C(N)(N)NCCC. The van der Waals surface area contributed by atoms with E-state index in [0.717, 1.165) is 45.3 Å². The third kappa shape index (κ3) is 9.38. The Hall–Kier alpha value is -0.160. The fourth-order valence-corrected chi connectivity index (χ4v) is 2.40. The normalized spacial score (nSPS) is 13.7. The van der Waals surface area contributed by atoms with E-state index < -0.39 is 5.79 Å². The molecule has 1 unspecified atom stereocenters. The fourth-order valence-electron chi connectivity index (χ4n) is 2.40. The van der Waals surface area contributed by atoms with Crippen molar-refractivity contribution in [3.8, 4) is 0 Å². The molecule has 0 heterocycles. The summed E-state index contributed by atoms with van der Waals surface area (Å²) >= 11 is 0. The Morgan fingerprint density at radius 3 is 2.11 bits per heavy atom. The molecule has 0 spiro atoms. The molecular weight excluding hydrogens is 236 g/mol. The van der Waals surface area contributed by atoms with Crippen LogP contribution in [-0.4, -0.2) is 25.4 Å². The molecule has 0 saturated carbocycles. The highest BCUT2D eigenvalue weighted by molar-refractivity contribution is 4.82. The van der Waals surface area contributed by atoms with Crippen molar-refractivity contribution >= 4 is 0 Å². The first-order valence-corrected chi connectivity index (χ1v) is 8.11. The monoisotopic (exact) mass is 272 g/mol. The zero-order valence-electron chi connectivity index (χ0n) is 13.3. The Balaban J connectivity index is 3.96. The maximum atomic E-state index is 6.25. The van der Waals surface area contributed by atoms with Gasteiger partial charge in [0.2, 0.25) is 0 Å². The standard InChI is InChI=1S/C15H36N4/c1-4-9-14(15(16,17)19-12-6-3)10-7-8-13-18-11-5-2/h14,18-19H,4-13,16-17H2,1-3H3. The molecule has 1 atom stereocenters. The summed E-state index contributed by atoms with van der Waals surface area (Å²) in [6.07, 6.45) is 8.04. The summed E-state index contributed by atoms with van der Waals surface area (Å²) in [5.41, 5.74) is 12.5. The van der Waals surface area contributed by atoms with Crippen molar-refractivity contribution in [1.29, 1.82) is 0 Å². The van der Waals surface area contributed by atoms with Crippen LogP contribution in [0.2, 0.25) is 0 Å². The molecule has 0 aliphatic rings. The summed E-state index contributed by atoms with van der Waals surface area (Å²) in [4.78, 5) is 0. The molecule has 0 saturated heterocycles. The van der Waals surface area contributed by atoms with Crippen LogP contribution in [-0.2, 0) is 0 Å². The van der Waals surface area contributed by atoms with Gasteiger partial charge in [-0.3, -0.25) is 5.32 Å². The minimum absolute atomic E-state index is 0.371. The number of nitrogens with one attached hydrogen (secondary N) is 2. The highest BCUT2D eigenvalue weighted by atomic mass is 15.2. The molecule has 0 amide bonds. The van der Waals surface area contributed by atoms with E-state index >= 15 is 0 Å². The van der Waals surface area contributed by atoms with Crippen LogP contribution in [0.15, 0.2) is 0 Å². The van der Waals surface area contributed by atoms with E-state index in [4.69, 9.17) is 11.5 Å². The third-order valence-electron chi connectivity index (χ3n) is 3.58. The predicted molar refractivity (Wildman–Crippen MR) is 84.8 cm³/mol. The molecule has 0 aromatic heterocycles. The van der Waals surface area contributed by atoms with E-state index in [1.54, 1.807) is 0 Å². The van der Waals surface area contributed by atoms with Gasteiger partial charge < -0.3 is 16.8 Å². The van der Waals surface area contributed by atoms with Gasteiger partial charge in [0.25, 0.3) is 0 Å². The quantitative estimate of drug-likeness (QED) is 0.306. The summed E-state index contributed by atoms with van der Waals surface area (Å²) in [5.74, 6) is -0.335. The van der Waals surface area contributed by atoms with Crippen LogP contribution in [0, 0.1) is 5.92 Å². The molecule has 0 aliphatic heterocycles. The summed E-state index contributed by atoms with van der Waals surface area (Å²) in [5, 5.41) is 6.73. The van der Waals surface area contributed by atoms with Crippen LogP contribution in [0.3, 0.4) is 0 Å². The van der Waals surface area contributed by atoms with Crippen LogP contribution in [0.4, 0.5) is 0 Å². The van der Waals surface area contributed by atoms with Crippen LogP contribution in [0.25, 0.3) is 0 Å². The van der Waals surface area contributed by atoms with Crippen LogP contribution < -0.4 is 22.1 Å². The lowest BCUT2D eigenvalue weighted by Gasteiger charge is -2.35. The molecular formula is C15H36N4. The Labute approximate surface area is 120 Å². The second-order valence-corrected chi connectivity index (χ2v) is 5.59. The van der Waals surface area contributed by atoms with E-state index in [9.17, 15) is 0 Å². The average Bonchev–Trinajstić information content (AvgIpc) is 2.39. The lowest BCUT2D eigenvalue weighted by Crippen LogP contribution is -2.66. The topological polar surface area (TPSA) is 76.1 Å². The van der Waals surface area contributed by atoms with E-state index in [1.807, 2.05) is 0 Å². The smallest absolute Gasteiger partial charge is 0.121 e. The van der Waals surface area contributed by atoms with E-state index in [1.165, 1.54) is 19.3 Å². The Kier molecular flexibility index (Phi) is 11.6. The second kappa shape index (κ2) is 11.6. The summed E-state index contributed by atoms with van der Waals surface area (Å²) in [7, 11) is 0.